The van der Waals surface area contributed by atoms with E-state index in [0.717, 1.165) is 26.1 Å². The average molecular weight is 437 g/mol. The summed E-state index contributed by atoms with van der Waals surface area (Å²) in [5, 5.41) is 1.21. The maximum Gasteiger partial charge on any atom is 0.410 e. The molecule has 1 aliphatic carbocycles. The van der Waals surface area contributed by atoms with Crippen molar-refractivity contribution in [2.75, 3.05) is 20.1 Å². The van der Waals surface area contributed by atoms with Crippen molar-refractivity contribution in [1.82, 2.24) is 9.80 Å². The Bertz CT molecular complexity index is 786. The van der Waals surface area contributed by atoms with Gasteiger partial charge in [0.15, 0.2) is 0 Å². The van der Waals surface area contributed by atoms with Gasteiger partial charge in [-0.15, -0.1) is 0 Å². The van der Waals surface area contributed by atoms with E-state index in [2.05, 4.69) is 35.2 Å². The van der Waals surface area contributed by atoms with Crippen molar-refractivity contribution in [3.63, 3.8) is 0 Å². The molecule has 0 aromatic heterocycles. The van der Waals surface area contributed by atoms with Gasteiger partial charge >= 0.3 is 6.09 Å². The monoisotopic (exact) mass is 436 g/mol. The molecule has 0 bridgehead atoms. The van der Waals surface area contributed by atoms with Crippen LogP contribution in [0, 0.1) is 11.8 Å². The average Bonchev–Trinajstić information content (AvgIpc) is 3.06. The topological polar surface area (TPSA) is 32.8 Å². The standard InChI is InChI=1S/C23H30Cl2N2O2/c1-23(2,3)29-22(28)26(4)21-15-27(13-16-8-6-5-7-9-16)14-18(21)17-10-11-19(24)20(25)12-17/h5-9,11-12,17-18,21H,10,13-15H2,1-4H3/t17?,18-,21+/m0/s1. The van der Waals surface area contributed by atoms with Crippen LogP contribution in [0.3, 0.4) is 0 Å². The molecule has 1 aromatic rings. The fourth-order valence-corrected chi connectivity index (χ4v) is 4.53. The van der Waals surface area contributed by atoms with Gasteiger partial charge in [0, 0.05) is 32.6 Å². The summed E-state index contributed by atoms with van der Waals surface area (Å²) in [6.07, 6.45) is 4.58. The maximum absolute atomic E-state index is 12.8. The summed E-state index contributed by atoms with van der Waals surface area (Å²) < 4.78 is 5.63. The summed E-state index contributed by atoms with van der Waals surface area (Å²) in [4.78, 5) is 16.9. The molecule has 0 N–H and O–H groups in total. The predicted molar refractivity (Wildman–Crippen MR) is 119 cm³/mol. The highest BCUT2D eigenvalue weighted by Crippen LogP contribution is 2.38. The fraction of sp³-hybridized carbons (Fsp3) is 0.522. The number of hydrogen-bond donors (Lipinski definition) is 0. The highest BCUT2D eigenvalue weighted by atomic mass is 35.5. The molecule has 1 aromatic carbocycles. The van der Waals surface area contributed by atoms with Crippen molar-refractivity contribution in [3.8, 4) is 0 Å². The zero-order valence-corrected chi connectivity index (χ0v) is 19.1. The molecule has 1 saturated heterocycles. The lowest BCUT2D eigenvalue weighted by atomic mass is 9.83. The van der Waals surface area contributed by atoms with Crippen molar-refractivity contribution in [1.29, 1.82) is 0 Å². The third kappa shape index (κ3) is 5.78. The molecule has 4 nitrogen and oxygen atoms in total. The normalized spacial score (nSPS) is 25.4. The molecule has 29 heavy (non-hydrogen) atoms. The molecule has 1 heterocycles. The summed E-state index contributed by atoms with van der Waals surface area (Å²) in [6.45, 7) is 8.23. The molecule has 3 rings (SSSR count). The number of nitrogens with zero attached hydrogens (tertiary/aromatic N) is 2. The molecule has 2 aliphatic rings. The van der Waals surface area contributed by atoms with Crippen LogP contribution in [0.25, 0.3) is 0 Å². The first kappa shape index (κ1) is 22.2. The Kier molecular flexibility index (Phi) is 6.98. The number of ether oxygens (including phenoxy) is 1. The number of likely N-dealkylation sites (N-methyl/N-ethyl adjacent to an activating group) is 1. The minimum Gasteiger partial charge on any atom is -0.444 e. The third-order valence-electron chi connectivity index (χ3n) is 5.54. The smallest absolute Gasteiger partial charge is 0.410 e. The fourth-order valence-electron chi connectivity index (χ4n) is 4.14. The molecule has 0 saturated carbocycles. The van der Waals surface area contributed by atoms with E-state index < -0.39 is 5.60 Å². The molecule has 158 valence electrons. The Morgan fingerprint density at radius 3 is 2.48 bits per heavy atom. The Morgan fingerprint density at radius 1 is 1.17 bits per heavy atom. The first-order chi connectivity index (χ1) is 13.6. The zero-order valence-electron chi connectivity index (χ0n) is 17.6. The number of amides is 1. The van der Waals surface area contributed by atoms with Crippen LogP contribution in [0.5, 0.6) is 0 Å². The summed E-state index contributed by atoms with van der Waals surface area (Å²) in [5.41, 5.74) is 0.750. The lowest BCUT2D eigenvalue weighted by molar-refractivity contribution is 0.0181. The van der Waals surface area contributed by atoms with Crippen molar-refractivity contribution in [2.24, 2.45) is 11.8 Å². The summed E-state index contributed by atoms with van der Waals surface area (Å²) in [5.74, 6) is 0.492. The molecule has 3 atom stereocenters. The van der Waals surface area contributed by atoms with Crippen LogP contribution in [-0.2, 0) is 11.3 Å². The van der Waals surface area contributed by atoms with Crippen LogP contribution in [0.4, 0.5) is 4.79 Å². The van der Waals surface area contributed by atoms with Gasteiger partial charge in [-0.2, -0.15) is 0 Å². The van der Waals surface area contributed by atoms with Gasteiger partial charge in [0.2, 0.25) is 0 Å². The number of likely N-dealkylation sites (tertiary alicyclic amines) is 1. The quantitative estimate of drug-likeness (QED) is 0.613. The number of carbonyl (C=O) groups excluding carboxylic acids is 1. The largest absolute Gasteiger partial charge is 0.444 e. The molecule has 1 fully saturated rings. The highest BCUT2D eigenvalue weighted by molar-refractivity contribution is 6.44. The van der Waals surface area contributed by atoms with E-state index in [1.54, 1.807) is 4.90 Å². The lowest BCUT2D eigenvalue weighted by Crippen LogP contribution is -2.46. The highest BCUT2D eigenvalue weighted by Gasteiger charge is 2.42. The van der Waals surface area contributed by atoms with E-state index >= 15 is 0 Å². The molecule has 1 aliphatic heterocycles. The van der Waals surface area contributed by atoms with Gasteiger partial charge in [-0.1, -0.05) is 65.7 Å². The molecule has 1 unspecified atom stereocenters. The lowest BCUT2D eigenvalue weighted by Gasteiger charge is -2.34. The molecule has 1 amide bonds. The van der Waals surface area contributed by atoms with Gasteiger partial charge < -0.3 is 9.64 Å². The van der Waals surface area contributed by atoms with Crippen molar-refractivity contribution >= 4 is 29.3 Å². The zero-order chi connectivity index (χ0) is 21.2. The van der Waals surface area contributed by atoms with Gasteiger partial charge in [-0.25, -0.2) is 4.79 Å². The van der Waals surface area contributed by atoms with E-state index in [1.807, 2.05) is 40.0 Å². The van der Waals surface area contributed by atoms with E-state index in [-0.39, 0.29) is 24.0 Å². The summed E-state index contributed by atoms with van der Waals surface area (Å²) in [7, 11) is 1.84. The van der Waals surface area contributed by atoms with Gasteiger partial charge in [0.1, 0.15) is 5.60 Å². The van der Waals surface area contributed by atoms with Gasteiger partial charge in [-0.3, -0.25) is 4.90 Å². The van der Waals surface area contributed by atoms with Crippen LogP contribution in [0.2, 0.25) is 0 Å². The number of halogens is 2. The predicted octanol–water partition coefficient (Wildman–Crippen LogP) is 5.62. The SMILES string of the molecule is CN(C(=O)OC(C)(C)C)[C@@H]1CN(Cc2ccccc2)C[C@H]1C1C=C(Cl)C(Cl)=CC1. The summed E-state index contributed by atoms with van der Waals surface area (Å²) in [6, 6.07) is 10.5. The Hall–Kier alpha value is -1.49. The Labute approximate surface area is 184 Å². The number of rotatable bonds is 4. The van der Waals surface area contributed by atoms with Gasteiger partial charge in [0.05, 0.1) is 16.1 Å². The molecule has 0 radical (unpaired) electrons. The molecular formula is C23H30Cl2N2O2. The van der Waals surface area contributed by atoms with Crippen molar-refractivity contribution in [3.05, 3.63) is 58.1 Å². The summed E-state index contributed by atoms with van der Waals surface area (Å²) >= 11 is 12.5. The van der Waals surface area contributed by atoms with Crippen LogP contribution in [-0.4, -0.2) is 47.7 Å². The van der Waals surface area contributed by atoms with E-state index in [1.165, 1.54) is 5.56 Å². The van der Waals surface area contributed by atoms with E-state index in [0.29, 0.717) is 10.1 Å². The number of carbonyl (C=O) groups is 1. The Balaban J connectivity index is 1.79. The first-order valence-electron chi connectivity index (χ1n) is 10.1. The van der Waals surface area contributed by atoms with Crippen LogP contribution in [0.1, 0.15) is 32.8 Å². The van der Waals surface area contributed by atoms with Crippen molar-refractivity contribution < 1.29 is 9.53 Å². The third-order valence-corrected chi connectivity index (χ3v) is 6.33. The maximum atomic E-state index is 12.8. The number of hydrogen-bond acceptors (Lipinski definition) is 3. The van der Waals surface area contributed by atoms with Crippen LogP contribution in [0.15, 0.2) is 52.5 Å². The van der Waals surface area contributed by atoms with Gasteiger partial charge in [0.25, 0.3) is 0 Å². The van der Waals surface area contributed by atoms with Crippen LogP contribution < -0.4 is 0 Å². The molecule has 0 spiro atoms. The molecule has 6 heteroatoms. The van der Waals surface area contributed by atoms with Crippen molar-refractivity contribution in [2.45, 2.75) is 45.4 Å². The first-order valence-corrected chi connectivity index (χ1v) is 10.8. The Morgan fingerprint density at radius 2 is 1.86 bits per heavy atom. The number of allylic oxidation sites excluding steroid dienone is 4. The minimum atomic E-state index is -0.520. The number of benzene rings is 1. The minimum absolute atomic E-state index is 0.0459. The van der Waals surface area contributed by atoms with E-state index in [4.69, 9.17) is 27.9 Å². The molecular weight excluding hydrogens is 407 g/mol. The second-order valence-corrected chi connectivity index (χ2v) is 9.78. The van der Waals surface area contributed by atoms with Gasteiger partial charge in [-0.05, 0) is 38.7 Å². The second-order valence-electron chi connectivity index (χ2n) is 8.97. The van der Waals surface area contributed by atoms with E-state index in [9.17, 15) is 4.79 Å². The van der Waals surface area contributed by atoms with Crippen LogP contribution >= 0.6 is 23.2 Å². The second kappa shape index (κ2) is 9.11.